The average molecular weight is 233 g/mol. The van der Waals surface area contributed by atoms with Gasteiger partial charge in [0.1, 0.15) is 12.0 Å². The summed E-state index contributed by atoms with van der Waals surface area (Å²) in [6, 6.07) is 3.07. The Labute approximate surface area is 99.6 Å². The molecule has 1 aromatic rings. The van der Waals surface area contributed by atoms with Crippen LogP contribution in [0.4, 0.5) is 11.5 Å². The van der Waals surface area contributed by atoms with Gasteiger partial charge in [-0.2, -0.15) is 0 Å². The van der Waals surface area contributed by atoms with Gasteiger partial charge < -0.3 is 4.90 Å². The Morgan fingerprint density at radius 3 is 2.41 bits per heavy atom. The van der Waals surface area contributed by atoms with Crippen LogP contribution >= 0.6 is 0 Å². The lowest BCUT2D eigenvalue weighted by Crippen LogP contribution is -2.28. The van der Waals surface area contributed by atoms with Gasteiger partial charge >= 0.3 is 0 Å². The summed E-state index contributed by atoms with van der Waals surface area (Å²) in [5.41, 5.74) is 0.812. The van der Waals surface area contributed by atoms with E-state index in [1.807, 2.05) is 6.07 Å². The summed E-state index contributed by atoms with van der Waals surface area (Å²) in [6.07, 6.45) is 6.35. The van der Waals surface area contributed by atoms with Crippen LogP contribution in [-0.4, -0.2) is 22.0 Å². The molecule has 2 fully saturated rings. The van der Waals surface area contributed by atoms with E-state index in [0.29, 0.717) is 17.6 Å². The third kappa shape index (κ3) is 1.57. The van der Waals surface area contributed by atoms with E-state index in [1.54, 1.807) is 6.92 Å². The third-order valence-corrected chi connectivity index (χ3v) is 3.98. The number of nitro groups is 1. The summed E-state index contributed by atoms with van der Waals surface area (Å²) < 4.78 is 0. The van der Waals surface area contributed by atoms with E-state index in [-0.39, 0.29) is 10.6 Å². The minimum Gasteiger partial charge on any atom is -0.351 e. The molecule has 2 saturated heterocycles. The summed E-state index contributed by atoms with van der Waals surface area (Å²) in [4.78, 5) is 17.0. The lowest BCUT2D eigenvalue weighted by atomic mass is 10.0. The van der Waals surface area contributed by atoms with E-state index < -0.39 is 0 Å². The van der Waals surface area contributed by atoms with Gasteiger partial charge in [0.05, 0.1) is 4.92 Å². The fourth-order valence-electron chi connectivity index (χ4n) is 3.15. The van der Waals surface area contributed by atoms with Crippen LogP contribution in [-0.2, 0) is 0 Å². The molecule has 0 spiro atoms. The third-order valence-electron chi connectivity index (χ3n) is 3.98. The number of fused-ring (bicyclic) bond motifs is 2. The van der Waals surface area contributed by atoms with Crippen LogP contribution in [0.25, 0.3) is 0 Å². The number of rotatable bonds is 2. The van der Waals surface area contributed by atoms with Crippen LogP contribution in [0.2, 0.25) is 0 Å². The second kappa shape index (κ2) is 3.68. The zero-order valence-electron chi connectivity index (χ0n) is 9.80. The quantitative estimate of drug-likeness (QED) is 0.581. The van der Waals surface area contributed by atoms with Gasteiger partial charge in [-0.15, -0.1) is 0 Å². The number of hydrogen-bond acceptors (Lipinski definition) is 4. The van der Waals surface area contributed by atoms with E-state index in [2.05, 4.69) is 9.88 Å². The molecule has 2 bridgehead atoms. The smallest absolute Gasteiger partial charge is 0.290 e. The van der Waals surface area contributed by atoms with Crippen molar-refractivity contribution in [1.29, 1.82) is 0 Å². The van der Waals surface area contributed by atoms with Crippen molar-refractivity contribution in [3.8, 4) is 0 Å². The molecule has 0 amide bonds. The van der Waals surface area contributed by atoms with Crippen LogP contribution < -0.4 is 4.90 Å². The summed E-state index contributed by atoms with van der Waals surface area (Å²) in [6.45, 7) is 1.78. The highest BCUT2D eigenvalue weighted by atomic mass is 16.6. The summed E-state index contributed by atoms with van der Waals surface area (Å²) in [5.74, 6) is 0.915. The topological polar surface area (TPSA) is 59.3 Å². The first kappa shape index (κ1) is 10.5. The van der Waals surface area contributed by atoms with E-state index in [0.717, 1.165) is 5.82 Å². The molecule has 0 aliphatic carbocycles. The van der Waals surface area contributed by atoms with Gasteiger partial charge in [0.15, 0.2) is 0 Å². The number of hydrogen-bond donors (Lipinski definition) is 0. The molecular weight excluding hydrogens is 218 g/mol. The lowest BCUT2D eigenvalue weighted by Gasteiger charge is -2.23. The second-order valence-electron chi connectivity index (χ2n) is 4.96. The maximum atomic E-state index is 10.7. The van der Waals surface area contributed by atoms with Crippen molar-refractivity contribution in [3.05, 3.63) is 27.9 Å². The largest absolute Gasteiger partial charge is 0.351 e. The van der Waals surface area contributed by atoms with Crippen LogP contribution in [0.15, 0.2) is 12.3 Å². The van der Waals surface area contributed by atoms with Gasteiger partial charge in [-0.25, -0.2) is 4.98 Å². The molecule has 5 heteroatoms. The Kier molecular flexibility index (Phi) is 2.28. The van der Waals surface area contributed by atoms with Crippen LogP contribution in [0.3, 0.4) is 0 Å². The first-order chi connectivity index (χ1) is 8.16. The number of pyridine rings is 1. The molecule has 3 rings (SSSR count). The first-order valence-electron chi connectivity index (χ1n) is 6.06. The van der Waals surface area contributed by atoms with Crippen molar-refractivity contribution in [1.82, 2.24) is 4.98 Å². The number of aryl methyl sites for hydroxylation is 1. The monoisotopic (exact) mass is 233 g/mol. The summed E-state index contributed by atoms with van der Waals surface area (Å²) >= 11 is 0. The molecule has 0 saturated carbocycles. The number of aromatic nitrogens is 1. The first-order valence-corrected chi connectivity index (χ1v) is 6.06. The number of anilines is 1. The molecule has 0 N–H and O–H groups in total. The van der Waals surface area contributed by atoms with E-state index in [1.165, 1.54) is 31.9 Å². The molecule has 2 aliphatic heterocycles. The van der Waals surface area contributed by atoms with Crippen molar-refractivity contribution >= 4 is 11.5 Å². The van der Waals surface area contributed by atoms with Crippen LogP contribution in [0.1, 0.15) is 31.2 Å². The Balaban J connectivity index is 1.95. The SMILES string of the molecule is Cc1cc(N2C3CCC2CC3)ncc1[N+](=O)[O-]. The molecule has 0 unspecified atom stereocenters. The Morgan fingerprint density at radius 1 is 1.35 bits per heavy atom. The van der Waals surface area contributed by atoms with Crippen molar-refractivity contribution in [3.63, 3.8) is 0 Å². The maximum absolute atomic E-state index is 10.7. The summed E-state index contributed by atoms with van der Waals surface area (Å²) in [5, 5.41) is 10.7. The highest BCUT2D eigenvalue weighted by molar-refractivity contribution is 5.51. The molecule has 0 atom stereocenters. The predicted molar refractivity (Wildman–Crippen MR) is 64.2 cm³/mol. The molecular formula is C12H15N3O2. The van der Waals surface area contributed by atoms with Crippen LogP contribution in [0, 0.1) is 17.0 Å². The molecule has 90 valence electrons. The highest BCUT2D eigenvalue weighted by Gasteiger charge is 2.40. The van der Waals surface area contributed by atoms with Gasteiger partial charge in [0.2, 0.25) is 0 Å². The molecule has 3 heterocycles. The predicted octanol–water partition coefficient (Wildman–Crippen LogP) is 2.43. The zero-order chi connectivity index (χ0) is 12.0. The second-order valence-corrected chi connectivity index (χ2v) is 4.96. The molecule has 2 aliphatic rings. The van der Waals surface area contributed by atoms with Gasteiger partial charge in [-0.05, 0) is 38.7 Å². The van der Waals surface area contributed by atoms with E-state index in [9.17, 15) is 10.1 Å². The van der Waals surface area contributed by atoms with Crippen molar-refractivity contribution < 1.29 is 4.92 Å². The molecule has 0 radical (unpaired) electrons. The molecule has 17 heavy (non-hydrogen) atoms. The van der Waals surface area contributed by atoms with Gasteiger partial charge in [-0.1, -0.05) is 0 Å². The average Bonchev–Trinajstić information content (AvgIpc) is 2.87. The zero-order valence-corrected chi connectivity index (χ0v) is 9.80. The summed E-state index contributed by atoms with van der Waals surface area (Å²) in [7, 11) is 0. The fraction of sp³-hybridized carbons (Fsp3) is 0.583. The maximum Gasteiger partial charge on any atom is 0.290 e. The van der Waals surface area contributed by atoms with Crippen molar-refractivity contribution in [2.45, 2.75) is 44.7 Å². The molecule has 0 aromatic carbocycles. The van der Waals surface area contributed by atoms with Gasteiger partial charge in [0, 0.05) is 17.6 Å². The molecule has 1 aromatic heterocycles. The number of nitrogens with zero attached hydrogens (tertiary/aromatic N) is 3. The minimum absolute atomic E-state index is 0.111. The van der Waals surface area contributed by atoms with Crippen molar-refractivity contribution in [2.75, 3.05) is 4.90 Å². The van der Waals surface area contributed by atoms with E-state index >= 15 is 0 Å². The fourth-order valence-corrected chi connectivity index (χ4v) is 3.15. The van der Waals surface area contributed by atoms with Gasteiger partial charge in [0.25, 0.3) is 5.69 Å². The van der Waals surface area contributed by atoms with Gasteiger partial charge in [-0.3, -0.25) is 10.1 Å². The lowest BCUT2D eigenvalue weighted by molar-refractivity contribution is -0.385. The minimum atomic E-state index is -0.370. The Hall–Kier alpha value is -1.65. The molecule has 5 nitrogen and oxygen atoms in total. The normalized spacial score (nSPS) is 26.5. The highest BCUT2D eigenvalue weighted by Crippen LogP contribution is 2.40. The van der Waals surface area contributed by atoms with Crippen LogP contribution in [0.5, 0.6) is 0 Å². The Bertz CT molecular complexity index is 455. The van der Waals surface area contributed by atoms with E-state index in [4.69, 9.17) is 0 Å². The standard InChI is InChI=1S/C12H15N3O2/c1-8-6-12(13-7-11(8)15(16)17)14-9-2-3-10(14)5-4-9/h6-7,9-10H,2-5H2,1H3. The Morgan fingerprint density at radius 2 is 1.94 bits per heavy atom. The van der Waals surface area contributed by atoms with Crippen molar-refractivity contribution in [2.24, 2.45) is 0 Å².